The minimum atomic E-state index is -0.634. The number of hydrogen-bond acceptors (Lipinski definition) is 4. The van der Waals surface area contributed by atoms with Crippen molar-refractivity contribution in [1.29, 1.82) is 0 Å². The van der Waals surface area contributed by atoms with Crippen LogP contribution >= 0.6 is 0 Å². The number of benzene rings is 23. The average molecular weight is 1710 g/mol. The van der Waals surface area contributed by atoms with Crippen molar-refractivity contribution < 1.29 is 0 Å². The standard InChI is InChI=1S/C57H40N2.C42H28.C30H21BN2/c1-7-21-41(22-8-1)57(42-23-9-2-10-24-42)54-40-48(59(45-29-15-5-16-30-45)46-31-17-6-18-32-46)36-38-52(54)55-50-34-20-19-33-49(50)53-39-47(35-37-51(53)56(55)57)58(43-25-11-3-12-26-43)44-27-13-4-14-28-44;1-5-17-29(18-6-1)37-33-25-13-14-26-34(33)39(31-21-9-3-10-22-31)42-40(32-23-11-4-12-24-32)36-28-16-15-27-35(36)38(41(37)42)30-19-7-2-8-20-30;1-3-12-22(13-4-1)32-26-18-9-7-16-24(26)31-25-17-8-10-19-27(25)33(23-14-5-2-6-15-23)29-21-11-20-28(32)30(29)31/h1-40H;1-28H;1-21H. The second-order valence-corrected chi connectivity index (χ2v) is 34.7. The van der Waals surface area contributed by atoms with E-state index in [1.54, 1.807) is 0 Å². The second-order valence-electron chi connectivity index (χ2n) is 34.7. The van der Waals surface area contributed by atoms with Gasteiger partial charge in [0.25, 0.3) is 6.71 Å². The molecule has 134 heavy (non-hydrogen) atoms. The predicted octanol–water partition coefficient (Wildman–Crippen LogP) is 32.9. The van der Waals surface area contributed by atoms with Crippen LogP contribution in [0.5, 0.6) is 0 Å². The molecule has 2 heterocycles. The van der Waals surface area contributed by atoms with Crippen molar-refractivity contribution in [1.82, 2.24) is 0 Å². The van der Waals surface area contributed by atoms with Gasteiger partial charge in [-0.25, -0.2) is 0 Å². The molecule has 4 nitrogen and oxygen atoms in total. The van der Waals surface area contributed by atoms with E-state index in [0.717, 1.165) is 34.1 Å². The fourth-order valence-electron chi connectivity index (χ4n) is 22.0. The van der Waals surface area contributed by atoms with Crippen molar-refractivity contribution in [3.05, 3.63) is 562 Å². The SMILES string of the molecule is c1ccc(-c2c3ccccc3c(-c3ccccc3)c3c(-c4ccccc4)c4ccccc4c(-c4ccccc4)c23)cc1.c1ccc(N(c2ccccc2)c2ccc3c(c2)C(c2ccccc2)(c2ccccc2)c2c-3c3ccccc3c3cc(N(c4ccccc4)c4ccccc4)ccc23)cc1.c1ccc(N2c3ccccc3B3c4ccccc4N(c4ccccc4)c4cccc2c43)cc1. The Morgan fingerprint density at radius 3 is 0.843 bits per heavy atom. The van der Waals surface area contributed by atoms with Gasteiger partial charge in [0.2, 0.25) is 0 Å². The first-order chi connectivity index (χ1) is 66.6. The van der Waals surface area contributed by atoms with Gasteiger partial charge in [-0.2, -0.15) is 0 Å². The minimum absolute atomic E-state index is 0.198. The number of para-hydroxylation sites is 8. The Morgan fingerprint density at radius 1 is 0.194 bits per heavy atom. The quantitative estimate of drug-likeness (QED) is 0.0611. The highest BCUT2D eigenvalue weighted by Crippen LogP contribution is 2.63. The lowest BCUT2D eigenvalue weighted by Crippen LogP contribution is -2.61. The molecule has 0 bridgehead atoms. The molecule has 1 aliphatic carbocycles. The van der Waals surface area contributed by atoms with Gasteiger partial charge in [0.15, 0.2) is 0 Å². The molecule has 0 aromatic heterocycles. The Kier molecular flexibility index (Phi) is 20.6. The van der Waals surface area contributed by atoms with E-state index in [0.29, 0.717) is 0 Å². The lowest BCUT2D eigenvalue weighted by Gasteiger charge is -2.44. The first-order valence-corrected chi connectivity index (χ1v) is 46.3. The maximum atomic E-state index is 2.47. The summed E-state index contributed by atoms with van der Waals surface area (Å²) in [6.07, 6.45) is 0. The zero-order chi connectivity index (χ0) is 88.8. The molecule has 0 atom stereocenters. The van der Waals surface area contributed by atoms with E-state index in [4.69, 9.17) is 0 Å². The minimum Gasteiger partial charge on any atom is -0.311 e. The molecule has 3 aliphatic rings. The van der Waals surface area contributed by atoms with Crippen molar-refractivity contribution in [3.8, 4) is 55.6 Å². The van der Waals surface area contributed by atoms with E-state index in [9.17, 15) is 0 Å². The maximum Gasteiger partial charge on any atom is 0.252 e. The molecule has 23 aromatic rings. The van der Waals surface area contributed by atoms with Crippen molar-refractivity contribution in [2.24, 2.45) is 0 Å². The molecule has 0 fully saturated rings. The lowest BCUT2D eigenvalue weighted by molar-refractivity contribution is 0.776. The van der Waals surface area contributed by atoms with Crippen LogP contribution in [0.25, 0.3) is 109 Å². The van der Waals surface area contributed by atoms with Crippen LogP contribution < -0.4 is 36.0 Å². The summed E-state index contributed by atoms with van der Waals surface area (Å²) in [6, 6.07) is 196. The van der Waals surface area contributed by atoms with E-state index in [1.807, 2.05) is 0 Å². The first kappa shape index (κ1) is 80.0. The van der Waals surface area contributed by atoms with E-state index >= 15 is 0 Å². The van der Waals surface area contributed by atoms with Gasteiger partial charge in [-0.05, 0) is 269 Å². The van der Waals surface area contributed by atoms with Gasteiger partial charge >= 0.3 is 0 Å². The van der Waals surface area contributed by atoms with Gasteiger partial charge in [0.05, 0.1) is 5.41 Å². The zero-order valence-corrected chi connectivity index (χ0v) is 73.8. The van der Waals surface area contributed by atoms with Gasteiger partial charge in [0, 0.05) is 68.2 Å². The van der Waals surface area contributed by atoms with E-state index in [1.165, 1.54) is 182 Å². The summed E-state index contributed by atoms with van der Waals surface area (Å²) in [4.78, 5) is 9.59. The molecule has 0 spiro atoms. The highest BCUT2D eigenvalue weighted by molar-refractivity contribution is 7.00. The van der Waals surface area contributed by atoms with Gasteiger partial charge in [-0.15, -0.1) is 0 Å². The topological polar surface area (TPSA) is 13.0 Å². The van der Waals surface area contributed by atoms with Gasteiger partial charge in [-0.1, -0.05) is 419 Å². The molecular formula is C129H89BN4. The molecule has 0 unspecified atom stereocenters. The van der Waals surface area contributed by atoms with Crippen molar-refractivity contribution in [2.45, 2.75) is 5.41 Å². The lowest BCUT2D eigenvalue weighted by atomic mass is 9.33. The van der Waals surface area contributed by atoms with Crippen LogP contribution in [0.2, 0.25) is 0 Å². The molecule has 0 saturated heterocycles. The Morgan fingerprint density at radius 2 is 0.478 bits per heavy atom. The smallest absolute Gasteiger partial charge is 0.252 e. The van der Waals surface area contributed by atoms with Crippen LogP contribution in [0.3, 0.4) is 0 Å². The summed E-state index contributed by atoms with van der Waals surface area (Å²) in [5, 5.41) is 12.6. The Balaban J connectivity index is 0.000000115. The molecule has 0 N–H and O–H groups in total. The van der Waals surface area contributed by atoms with E-state index in [2.05, 4.69) is 560 Å². The summed E-state index contributed by atoms with van der Waals surface area (Å²) >= 11 is 0. The third-order valence-corrected chi connectivity index (χ3v) is 27.3. The molecule has 0 saturated carbocycles. The fraction of sp³-hybridized carbons (Fsp3) is 0.00775. The Hall–Kier alpha value is -17.4. The molecule has 2 aliphatic heterocycles. The second kappa shape index (κ2) is 34.6. The van der Waals surface area contributed by atoms with Crippen LogP contribution in [0.15, 0.2) is 540 Å². The zero-order valence-electron chi connectivity index (χ0n) is 73.8. The number of rotatable bonds is 14. The van der Waals surface area contributed by atoms with Gasteiger partial charge in [0.1, 0.15) is 0 Å². The number of anilines is 12. The first-order valence-electron chi connectivity index (χ1n) is 46.3. The number of fused-ring (bicyclic) bond motifs is 15. The van der Waals surface area contributed by atoms with Crippen LogP contribution in [-0.4, -0.2) is 6.71 Å². The molecule has 0 radical (unpaired) electrons. The fourth-order valence-corrected chi connectivity index (χ4v) is 22.0. The average Bonchev–Trinajstić information content (AvgIpc) is 1.46. The molecule has 26 rings (SSSR count). The highest BCUT2D eigenvalue weighted by atomic mass is 15.2. The van der Waals surface area contributed by atoms with Crippen LogP contribution in [0.1, 0.15) is 22.3 Å². The summed E-state index contributed by atoms with van der Waals surface area (Å²) in [5.74, 6) is 0. The molecular weight excluding hydrogens is 1620 g/mol. The van der Waals surface area contributed by atoms with Gasteiger partial charge < -0.3 is 19.6 Å². The summed E-state index contributed by atoms with van der Waals surface area (Å²) < 4.78 is 0. The molecule has 5 heteroatoms. The van der Waals surface area contributed by atoms with E-state index < -0.39 is 5.41 Å². The summed E-state index contributed by atoms with van der Waals surface area (Å²) in [6.45, 7) is 0.198. The third kappa shape index (κ3) is 13.6. The molecule has 628 valence electrons. The normalized spacial score (nSPS) is 12.3. The Labute approximate surface area is 782 Å². The Bertz CT molecular complexity index is 7720. The van der Waals surface area contributed by atoms with Crippen molar-refractivity contribution in [3.63, 3.8) is 0 Å². The van der Waals surface area contributed by atoms with Crippen molar-refractivity contribution >= 4 is 145 Å². The maximum absolute atomic E-state index is 2.47. The van der Waals surface area contributed by atoms with Crippen LogP contribution in [0, 0.1) is 0 Å². The van der Waals surface area contributed by atoms with Gasteiger partial charge in [-0.3, -0.25) is 0 Å². The number of hydrogen-bond donors (Lipinski definition) is 0. The number of nitrogens with zero attached hydrogens (tertiary/aromatic N) is 4. The summed E-state index contributed by atoms with van der Waals surface area (Å²) in [5.41, 5.74) is 35.1. The third-order valence-electron chi connectivity index (χ3n) is 27.3. The van der Waals surface area contributed by atoms with Crippen LogP contribution in [-0.2, 0) is 5.41 Å². The monoisotopic (exact) mass is 1700 g/mol. The largest absolute Gasteiger partial charge is 0.311 e. The highest BCUT2D eigenvalue weighted by Gasteiger charge is 2.49. The summed E-state index contributed by atoms with van der Waals surface area (Å²) in [7, 11) is 0. The molecule has 23 aromatic carbocycles. The van der Waals surface area contributed by atoms with Crippen molar-refractivity contribution in [2.75, 3.05) is 19.6 Å². The van der Waals surface area contributed by atoms with E-state index in [-0.39, 0.29) is 6.71 Å². The van der Waals surface area contributed by atoms with Crippen LogP contribution in [0.4, 0.5) is 68.2 Å². The molecule has 0 amide bonds. The predicted molar refractivity (Wildman–Crippen MR) is 569 cm³/mol.